The summed E-state index contributed by atoms with van der Waals surface area (Å²) < 4.78 is 0. The number of benzene rings is 1. The number of primary amides is 1. The van der Waals surface area contributed by atoms with Gasteiger partial charge in [-0.1, -0.05) is 12.1 Å². The van der Waals surface area contributed by atoms with Crippen molar-refractivity contribution in [3.05, 3.63) is 64.0 Å². The summed E-state index contributed by atoms with van der Waals surface area (Å²) in [6, 6.07) is 10.1. The van der Waals surface area contributed by atoms with Gasteiger partial charge in [0.15, 0.2) is 0 Å². The summed E-state index contributed by atoms with van der Waals surface area (Å²) in [6.07, 6.45) is 6.06. The fourth-order valence-corrected chi connectivity index (χ4v) is 5.34. The summed E-state index contributed by atoms with van der Waals surface area (Å²) in [5.74, 6) is 0.582. The maximum atomic E-state index is 12.5. The Balaban J connectivity index is 1.25. The number of nitrogens with zero attached hydrogens (tertiary/aromatic N) is 4. The van der Waals surface area contributed by atoms with Gasteiger partial charge >= 0.3 is 0 Å². The zero-order chi connectivity index (χ0) is 22.9. The van der Waals surface area contributed by atoms with Gasteiger partial charge < -0.3 is 15.6 Å². The number of pyridine rings is 1. The molecule has 2 saturated heterocycles. The van der Waals surface area contributed by atoms with Crippen molar-refractivity contribution in [1.29, 1.82) is 0 Å². The number of para-hydroxylation sites is 1. The number of aromatic nitrogens is 3. The third kappa shape index (κ3) is 4.35. The van der Waals surface area contributed by atoms with Gasteiger partial charge in [0.2, 0.25) is 0 Å². The van der Waals surface area contributed by atoms with Gasteiger partial charge in [-0.15, -0.1) is 0 Å². The van der Waals surface area contributed by atoms with E-state index in [9.17, 15) is 9.59 Å². The molecule has 0 saturated carbocycles. The number of rotatable bonds is 4. The van der Waals surface area contributed by atoms with Crippen LogP contribution in [0.2, 0.25) is 0 Å². The number of hydrogen-bond acceptors (Lipinski definition) is 6. The smallest absolute Gasteiger partial charge is 0.267 e. The van der Waals surface area contributed by atoms with Gasteiger partial charge in [0.1, 0.15) is 11.5 Å². The predicted octanol–water partition coefficient (Wildman–Crippen LogP) is 2.57. The Labute approximate surface area is 192 Å². The highest BCUT2D eigenvalue weighted by Crippen LogP contribution is 2.30. The van der Waals surface area contributed by atoms with E-state index >= 15 is 0 Å². The normalized spacial score (nSPS) is 20.3. The third-order valence-corrected chi connectivity index (χ3v) is 7.11. The lowest BCUT2D eigenvalue weighted by Gasteiger charge is -2.42. The minimum atomic E-state index is -0.486. The molecule has 1 unspecified atom stereocenters. The maximum Gasteiger partial charge on any atom is 0.267 e. The molecule has 1 aromatic carbocycles. The SMILES string of the molecule is Cc1cc(N2CCC(N3CCCC(c4nc5ccccc5c(=O)[nH]4)C3)CC2)cnc1C(N)=O. The second kappa shape index (κ2) is 8.94. The first-order valence-electron chi connectivity index (χ1n) is 11.7. The summed E-state index contributed by atoms with van der Waals surface area (Å²) in [7, 11) is 0. The summed E-state index contributed by atoms with van der Waals surface area (Å²) in [5.41, 5.74) is 8.32. The first-order valence-corrected chi connectivity index (χ1v) is 11.7. The van der Waals surface area contributed by atoms with Gasteiger partial charge in [-0.3, -0.25) is 14.5 Å². The van der Waals surface area contributed by atoms with Crippen LogP contribution in [0.1, 0.15) is 53.5 Å². The minimum Gasteiger partial charge on any atom is -0.370 e. The molecular weight excluding hydrogens is 416 g/mol. The van der Waals surface area contributed by atoms with Crippen LogP contribution in [-0.2, 0) is 0 Å². The highest BCUT2D eigenvalue weighted by Gasteiger charge is 2.31. The molecule has 3 aromatic rings. The third-order valence-electron chi connectivity index (χ3n) is 7.11. The van der Waals surface area contributed by atoms with Crippen molar-refractivity contribution in [3.8, 4) is 0 Å². The van der Waals surface area contributed by atoms with E-state index < -0.39 is 5.91 Å². The molecule has 8 heteroatoms. The summed E-state index contributed by atoms with van der Waals surface area (Å²) in [5, 5.41) is 0.648. The molecule has 8 nitrogen and oxygen atoms in total. The molecule has 5 rings (SSSR count). The first kappa shape index (κ1) is 21.6. The first-order chi connectivity index (χ1) is 16.0. The molecule has 0 bridgehead atoms. The Morgan fingerprint density at radius 2 is 1.94 bits per heavy atom. The molecule has 2 fully saturated rings. The monoisotopic (exact) mass is 446 g/mol. The average Bonchev–Trinajstić information content (AvgIpc) is 2.84. The fourth-order valence-electron chi connectivity index (χ4n) is 5.34. The number of H-pyrrole nitrogens is 1. The zero-order valence-corrected chi connectivity index (χ0v) is 19.0. The maximum absolute atomic E-state index is 12.5. The number of amides is 1. The van der Waals surface area contributed by atoms with Crippen molar-refractivity contribution in [2.24, 2.45) is 5.73 Å². The van der Waals surface area contributed by atoms with Crippen LogP contribution >= 0.6 is 0 Å². The number of carbonyl (C=O) groups is 1. The number of likely N-dealkylation sites (tertiary alicyclic amines) is 1. The van der Waals surface area contributed by atoms with E-state index in [1.165, 1.54) is 0 Å². The fraction of sp³-hybridized carbons (Fsp3) is 0.440. The summed E-state index contributed by atoms with van der Waals surface area (Å²) in [4.78, 5) is 41.0. The molecule has 0 spiro atoms. The van der Waals surface area contributed by atoms with Gasteiger partial charge in [0.25, 0.3) is 11.5 Å². The van der Waals surface area contributed by atoms with Crippen LogP contribution in [0, 0.1) is 6.92 Å². The second-order valence-electron chi connectivity index (χ2n) is 9.24. The van der Waals surface area contributed by atoms with E-state index in [0.717, 1.165) is 74.5 Å². The van der Waals surface area contributed by atoms with E-state index in [4.69, 9.17) is 10.7 Å². The van der Waals surface area contributed by atoms with Crippen molar-refractivity contribution in [2.75, 3.05) is 31.1 Å². The van der Waals surface area contributed by atoms with Crippen LogP contribution in [0.25, 0.3) is 10.9 Å². The van der Waals surface area contributed by atoms with Crippen molar-refractivity contribution in [3.63, 3.8) is 0 Å². The van der Waals surface area contributed by atoms with Crippen LogP contribution < -0.4 is 16.2 Å². The van der Waals surface area contributed by atoms with Gasteiger partial charge in [-0.25, -0.2) is 9.97 Å². The summed E-state index contributed by atoms with van der Waals surface area (Å²) in [6.45, 7) is 5.80. The molecule has 172 valence electrons. The summed E-state index contributed by atoms with van der Waals surface area (Å²) >= 11 is 0. The van der Waals surface area contributed by atoms with Crippen LogP contribution in [0.4, 0.5) is 5.69 Å². The van der Waals surface area contributed by atoms with Crippen molar-refractivity contribution in [1.82, 2.24) is 19.9 Å². The number of aromatic amines is 1. The number of piperidine rings is 2. The zero-order valence-electron chi connectivity index (χ0n) is 19.0. The van der Waals surface area contributed by atoms with E-state index in [1.54, 1.807) is 6.20 Å². The van der Waals surface area contributed by atoms with Gasteiger partial charge in [0.05, 0.1) is 22.8 Å². The highest BCUT2D eigenvalue weighted by atomic mass is 16.1. The van der Waals surface area contributed by atoms with Crippen molar-refractivity contribution in [2.45, 2.75) is 44.6 Å². The Morgan fingerprint density at radius 1 is 1.15 bits per heavy atom. The van der Waals surface area contributed by atoms with Crippen LogP contribution in [-0.4, -0.2) is 58.0 Å². The van der Waals surface area contributed by atoms with Crippen LogP contribution in [0.15, 0.2) is 41.3 Å². The van der Waals surface area contributed by atoms with E-state index in [-0.39, 0.29) is 11.5 Å². The molecule has 0 aliphatic carbocycles. The van der Waals surface area contributed by atoms with Gasteiger partial charge in [-0.2, -0.15) is 0 Å². The molecule has 1 amide bonds. The topological polar surface area (TPSA) is 108 Å². The number of nitrogens with two attached hydrogens (primary N) is 1. The molecule has 4 heterocycles. The van der Waals surface area contributed by atoms with Crippen molar-refractivity contribution < 1.29 is 4.79 Å². The molecule has 2 aliphatic rings. The highest BCUT2D eigenvalue weighted by molar-refractivity contribution is 5.92. The molecule has 0 radical (unpaired) electrons. The molecule has 3 N–H and O–H groups in total. The molecule has 33 heavy (non-hydrogen) atoms. The van der Waals surface area contributed by atoms with E-state index in [1.807, 2.05) is 37.3 Å². The minimum absolute atomic E-state index is 0.0488. The predicted molar refractivity (Wildman–Crippen MR) is 129 cm³/mol. The number of nitrogens with one attached hydrogen (secondary N) is 1. The van der Waals surface area contributed by atoms with E-state index in [2.05, 4.69) is 19.8 Å². The standard InChI is InChI=1S/C25H30N6O2/c1-16-13-19(14-27-22(16)23(26)32)30-11-8-18(9-12-30)31-10-4-5-17(15-31)24-28-21-7-3-2-6-20(21)25(33)29-24/h2-3,6-7,13-14,17-18H,4-5,8-12,15H2,1H3,(H2,26,32)(H,28,29,33). The Morgan fingerprint density at radius 3 is 2.70 bits per heavy atom. The van der Waals surface area contributed by atoms with Crippen LogP contribution in [0.3, 0.4) is 0 Å². The quantitative estimate of drug-likeness (QED) is 0.638. The van der Waals surface area contributed by atoms with E-state index in [0.29, 0.717) is 17.1 Å². The Bertz CT molecular complexity index is 1230. The lowest BCUT2D eigenvalue weighted by Crippen LogP contribution is -2.48. The second-order valence-corrected chi connectivity index (χ2v) is 9.24. The Kier molecular flexibility index (Phi) is 5.85. The van der Waals surface area contributed by atoms with Crippen molar-refractivity contribution >= 4 is 22.5 Å². The number of carbonyl (C=O) groups excluding carboxylic acids is 1. The number of hydrogen-bond donors (Lipinski definition) is 2. The lowest BCUT2D eigenvalue weighted by atomic mass is 9.93. The number of anilines is 1. The largest absolute Gasteiger partial charge is 0.370 e. The van der Waals surface area contributed by atoms with Gasteiger partial charge in [-0.05, 0) is 62.9 Å². The average molecular weight is 447 g/mol. The molecule has 1 atom stereocenters. The lowest BCUT2D eigenvalue weighted by molar-refractivity contribution is 0.0995. The molecule has 2 aromatic heterocycles. The van der Waals surface area contributed by atoms with Crippen LogP contribution in [0.5, 0.6) is 0 Å². The molecular formula is C25H30N6O2. The number of aryl methyl sites for hydroxylation is 1. The van der Waals surface area contributed by atoms with Gasteiger partial charge in [0, 0.05) is 31.6 Å². The Hall–Kier alpha value is -3.26. The molecule has 2 aliphatic heterocycles. The number of fused-ring (bicyclic) bond motifs is 1.